The minimum absolute atomic E-state index is 0.0787. The fourth-order valence-electron chi connectivity index (χ4n) is 4.12. The lowest BCUT2D eigenvalue weighted by Gasteiger charge is -2.25. The van der Waals surface area contributed by atoms with Crippen molar-refractivity contribution >= 4 is 17.4 Å². The van der Waals surface area contributed by atoms with E-state index < -0.39 is 17.7 Å². The van der Waals surface area contributed by atoms with Crippen molar-refractivity contribution in [1.82, 2.24) is 9.88 Å². The lowest BCUT2D eigenvalue weighted by Crippen LogP contribution is -2.31. The molecule has 1 fully saturated rings. The van der Waals surface area contributed by atoms with E-state index in [0.717, 1.165) is 24.0 Å². The van der Waals surface area contributed by atoms with E-state index in [4.69, 9.17) is 4.74 Å². The van der Waals surface area contributed by atoms with Gasteiger partial charge in [0.05, 0.1) is 18.2 Å². The third-order valence-corrected chi connectivity index (χ3v) is 5.92. The number of aliphatic hydroxyl groups is 1. The number of carbonyl (C=O) groups excluding carboxylic acids is 2. The zero-order valence-corrected chi connectivity index (χ0v) is 19.2. The average Bonchev–Trinajstić information content (AvgIpc) is 3.13. The SMILES string of the molecule is CCCCOc1cccc(C(O)=C2C(=O)C(=O)N(CCc3ccccc3)C2c2ccncc2)c1. The third kappa shape index (κ3) is 5.01. The van der Waals surface area contributed by atoms with E-state index in [1.807, 2.05) is 36.4 Å². The van der Waals surface area contributed by atoms with Crippen molar-refractivity contribution in [3.8, 4) is 5.75 Å². The highest BCUT2D eigenvalue weighted by Crippen LogP contribution is 2.39. The molecular formula is C28H28N2O4. The summed E-state index contributed by atoms with van der Waals surface area (Å²) >= 11 is 0. The van der Waals surface area contributed by atoms with E-state index in [2.05, 4.69) is 11.9 Å². The van der Waals surface area contributed by atoms with Crippen LogP contribution in [0.5, 0.6) is 5.75 Å². The zero-order chi connectivity index (χ0) is 23.9. The maximum Gasteiger partial charge on any atom is 0.295 e. The predicted molar refractivity (Wildman–Crippen MR) is 130 cm³/mol. The maximum absolute atomic E-state index is 13.2. The van der Waals surface area contributed by atoms with Gasteiger partial charge in [-0.05, 0) is 48.2 Å². The third-order valence-electron chi connectivity index (χ3n) is 5.92. The smallest absolute Gasteiger partial charge is 0.295 e. The summed E-state index contributed by atoms with van der Waals surface area (Å²) < 4.78 is 5.76. The fourth-order valence-corrected chi connectivity index (χ4v) is 4.12. The second kappa shape index (κ2) is 10.8. The van der Waals surface area contributed by atoms with Crippen LogP contribution in [-0.4, -0.2) is 39.8 Å². The lowest BCUT2D eigenvalue weighted by atomic mass is 9.95. The van der Waals surface area contributed by atoms with Crippen molar-refractivity contribution in [2.75, 3.05) is 13.2 Å². The van der Waals surface area contributed by atoms with Gasteiger partial charge in [0, 0.05) is 24.5 Å². The maximum atomic E-state index is 13.2. The van der Waals surface area contributed by atoms with Crippen LogP contribution in [-0.2, 0) is 16.0 Å². The summed E-state index contributed by atoms with van der Waals surface area (Å²) in [5.74, 6) is -0.904. The number of pyridine rings is 1. The van der Waals surface area contributed by atoms with Gasteiger partial charge in [-0.25, -0.2) is 0 Å². The highest BCUT2D eigenvalue weighted by molar-refractivity contribution is 6.46. The molecule has 2 heterocycles. The lowest BCUT2D eigenvalue weighted by molar-refractivity contribution is -0.139. The summed E-state index contributed by atoms with van der Waals surface area (Å²) in [6.45, 7) is 3.00. The van der Waals surface area contributed by atoms with E-state index in [1.165, 1.54) is 4.90 Å². The molecule has 2 aromatic carbocycles. The second-order valence-corrected chi connectivity index (χ2v) is 8.24. The van der Waals surface area contributed by atoms with Gasteiger partial charge in [0.15, 0.2) is 0 Å². The molecule has 1 aliphatic heterocycles. The van der Waals surface area contributed by atoms with Crippen LogP contribution in [0.4, 0.5) is 0 Å². The number of aromatic nitrogens is 1. The van der Waals surface area contributed by atoms with Gasteiger partial charge in [0.1, 0.15) is 11.5 Å². The van der Waals surface area contributed by atoms with Crippen molar-refractivity contribution in [1.29, 1.82) is 0 Å². The van der Waals surface area contributed by atoms with Gasteiger partial charge >= 0.3 is 0 Å². The Morgan fingerprint density at radius 3 is 2.53 bits per heavy atom. The molecular weight excluding hydrogens is 428 g/mol. The van der Waals surface area contributed by atoms with Gasteiger partial charge in [-0.3, -0.25) is 14.6 Å². The summed E-state index contributed by atoms with van der Waals surface area (Å²) in [5.41, 5.74) is 2.30. The number of carbonyl (C=O) groups is 2. The highest BCUT2D eigenvalue weighted by atomic mass is 16.5. The molecule has 0 saturated carbocycles. The normalized spacial score (nSPS) is 17.2. The van der Waals surface area contributed by atoms with Crippen molar-refractivity contribution in [3.05, 3.63) is 101 Å². The Morgan fingerprint density at radius 1 is 1.03 bits per heavy atom. The second-order valence-electron chi connectivity index (χ2n) is 8.24. The Morgan fingerprint density at radius 2 is 1.79 bits per heavy atom. The number of likely N-dealkylation sites (tertiary alicyclic amines) is 1. The quantitative estimate of drug-likeness (QED) is 0.214. The Bertz CT molecular complexity index is 1180. The molecule has 1 unspecified atom stereocenters. The molecule has 3 aromatic rings. The molecule has 0 radical (unpaired) electrons. The van der Waals surface area contributed by atoms with Gasteiger partial charge in [0.2, 0.25) is 0 Å². The van der Waals surface area contributed by atoms with Crippen LogP contribution in [0.15, 0.2) is 84.7 Å². The summed E-state index contributed by atoms with van der Waals surface area (Å²) in [6, 6.07) is 19.6. The largest absolute Gasteiger partial charge is 0.507 e. The van der Waals surface area contributed by atoms with E-state index in [1.54, 1.807) is 42.7 Å². The van der Waals surface area contributed by atoms with Crippen LogP contribution < -0.4 is 4.74 Å². The summed E-state index contributed by atoms with van der Waals surface area (Å²) in [7, 11) is 0. The first kappa shape index (κ1) is 23.2. The number of ketones is 1. The van der Waals surface area contributed by atoms with E-state index in [-0.39, 0.29) is 11.3 Å². The number of amides is 1. The Balaban J connectivity index is 1.71. The molecule has 0 spiro atoms. The number of Topliss-reactive ketones (excluding diaryl/α,β-unsaturated/α-hetero) is 1. The monoisotopic (exact) mass is 456 g/mol. The molecule has 4 rings (SSSR count). The van der Waals surface area contributed by atoms with Gasteiger partial charge in [-0.1, -0.05) is 55.8 Å². The van der Waals surface area contributed by atoms with E-state index in [9.17, 15) is 14.7 Å². The molecule has 1 aromatic heterocycles. The van der Waals surface area contributed by atoms with Crippen LogP contribution in [0.2, 0.25) is 0 Å². The molecule has 1 amide bonds. The number of benzene rings is 2. The number of rotatable bonds is 9. The van der Waals surface area contributed by atoms with Gasteiger partial charge in [0.25, 0.3) is 11.7 Å². The molecule has 1 saturated heterocycles. The minimum atomic E-state index is -0.698. The van der Waals surface area contributed by atoms with Gasteiger partial charge < -0.3 is 14.7 Å². The van der Waals surface area contributed by atoms with Crippen LogP contribution in [0, 0.1) is 0 Å². The molecule has 6 nitrogen and oxygen atoms in total. The van der Waals surface area contributed by atoms with Crippen molar-refractivity contribution in [3.63, 3.8) is 0 Å². The van der Waals surface area contributed by atoms with Crippen LogP contribution in [0.1, 0.15) is 42.5 Å². The first-order chi connectivity index (χ1) is 16.6. The molecule has 174 valence electrons. The first-order valence-electron chi connectivity index (χ1n) is 11.6. The van der Waals surface area contributed by atoms with Crippen molar-refractivity contribution < 1.29 is 19.4 Å². The number of aliphatic hydroxyl groups excluding tert-OH is 1. The standard InChI is InChI=1S/C28H28N2O4/c1-2-3-18-34-23-11-7-10-22(19-23)26(31)24-25(21-12-15-29-16-13-21)30(28(33)27(24)32)17-14-20-8-5-4-6-9-20/h4-13,15-16,19,25,31H,2-3,14,17-18H2,1H3. The predicted octanol–water partition coefficient (Wildman–Crippen LogP) is 4.92. The first-order valence-corrected chi connectivity index (χ1v) is 11.6. The zero-order valence-electron chi connectivity index (χ0n) is 19.2. The number of unbranched alkanes of at least 4 members (excludes halogenated alkanes) is 1. The number of hydrogen-bond acceptors (Lipinski definition) is 5. The molecule has 34 heavy (non-hydrogen) atoms. The average molecular weight is 457 g/mol. The van der Waals surface area contributed by atoms with Crippen LogP contribution >= 0.6 is 0 Å². The van der Waals surface area contributed by atoms with E-state index >= 15 is 0 Å². The fraction of sp³-hybridized carbons (Fsp3) is 0.250. The van der Waals surface area contributed by atoms with Crippen molar-refractivity contribution in [2.45, 2.75) is 32.2 Å². The Labute approximate surface area is 199 Å². The molecule has 1 atom stereocenters. The summed E-state index contributed by atoms with van der Waals surface area (Å²) in [6.07, 6.45) is 5.77. The highest BCUT2D eigenvalue weighted by Gasteiger charge is 2.45. The number of nitrogens with zero attached hydrogens (tertiary/aromatic N) is 2. The Kier molecular flexibility index (Phi) is 7.38. The van der Waals surface area contributed by atoms with Crippen LogP contribution in [0.25, 0.3) is 5.76 Å². The van der Waals surface area contributed by atoms with E-state index in [0.29, 0.717) is 30.9 Å². The number of ether oxygens (including phenoxy) is 1. The summed E-state index contributed by atoms with van der Waals surface area (Å²) in [4.78, 5) is 31.9. The summed E-state index contributed by atoms with van der Waals surface area (Å²) in [5, 5.41) is 11.2. The molecule has 0 aliphatic carbocycles. The topological polar surface area (TPSA) is 79.7 Å². The molecule has 1 N–H and O–H groups in total. The van der Waals surface area contributed by atoms with Gasteiger partial charge in [-0.2, -0.15) is 0 Å². The Hall–Kier alpha value is -3.93. The minimum Gasteiger partial charge on any atom is -0.507 e. The molecule has 1 aliphatic rings. The van der Waals surface area contributed by atoms with Gasteiger partial charge in [-0.15, -0.1) is 0 Å². The van der Waals surface area contributed by atoms with Crippen molar-refractivity contribution in [2.24, 2.45) is 0 Å². The van der Waals surface area contributed by atoms with Crippen LogP contribution in [0.3, 0.4) is 0 Å². The number of hydrogen-bond donors (Lipinski definition) is 1. The molecule has 0 bridgehead atoms. The molecule has 6 heteroatoms.